The molecule has 0 bridgehead atoms. The average molecular weight is 270 g/mol. The van der Waals surface area contributed by atoms with Crippen LogP contribution in [0.2, 0.25) is 0 Å². The molecular formula is C14H26N2OS. The zero-order valence-electron chi connectivity index (χ0n) is 12.0. The molecule has 1 heterocycles. The number of furan rings is 1. The third-order valence-electron chi connectivity index (χ3n) is 2.80. The molecule has 0 fully saturated rings. The predicted molar refractivity (Wildman–Crippen MR) is 80.0 cm³/mol. The summed E-state index contributed by atoms with van der Waals surface area (Å²) in [6, 6.07) is 2.07. The molecule has 0 aliphatic heterocycles. The highest BCUT2D eigenvalue weighted by Crippen LogP contribution is 2.13. The van der Waals surface area contributed by atoms with Gasteiger partial charge in [-0.15, -0.1) is 0 Å². The van der Waals surface area contributed by atoms with E-state index >= 15 is 0 Å². The van der Waals surface area contributed by atoms with Crippen molar-refractivity contribution in [1.82, 2.24) is 10.2 Å². The summed E-state index contributed by atoms with van der Waals surface area (Å²) in [6.07, 6.45) is 3.94. The number of hydrogen-bond donors (Lipinski definition) is 1. The molecule has 0 saturated heterocycles. The summed E-state index contributed by atoms with van der Waals surface area (Å²) in [7, 11) is 2.14. The van der Waals surface area contributed by atoms with Crippen LogP contribution in [-0.2, 0) is 13.1 Å². The Hall–Kier alpha value is -0.450. The molecule has 0 saturated carbocycles. The van der Waals surface area contributed by atoms with Crippen molar-refractivity contribution < 1.29 is 4.42 Å². The zero-order valence-corrected chi connectivity index (χ0v) is 12.8. The molecule has 0 amide bonds. The number of hydrogen-bond acceptors (Lipinski definition) is 4. The van der Waals surface area contributed by atoms with Gasteiger partial charge in [0.05, 0.1) is 12.8 Å². The van der Waals surface area contributed by atoms with Crippen LogP contribution in [0.3, 0.4) is 0 Å². The van der Waals surface area contributed by atoms with Crippen molar-refractivity contribution >= 4 is 11.8 Å². The van der Waals surface area contributed by atoms with Crippen molar-refractivity contribution in [2.24, 2.45) is 5.92 Å². The van der Waals surface area contributed by atoms with Gasteiger partial charge in [-0.3, -0.25) is 4.90 Å². The third kappa shape index (κ3) is 5.94. The molecule has 18 heavy (non-hydrogen) atoms. The van der Waals surface area contributed by atoms with Crippen molar-refractivity contribution in [1.29, 1.82) is 0 Å². The fourth-order valence-electron chi connectivity index (χ4n) is 1.73. The molecule has 0 radical (unpaired) electrons. The molecule has 104 valence electrons. The lowest BCUT2D eigenvalue weighted by atomic mass is 10.2. The molecule has 0 aliphatic carbocycles. The van der Waals surface area contributed by atoms with Gasteiger partial charge in [0.25, 0.3) is 0 Å². The van der Waals surface area contributed by atoms with Crippen molar-refractivity contribution in [3.05, 3.63) is 23.7 Å². The summed E-state index contributed by atoms with van der Waals surface area (Å²) in [4.78, 5) is 2.31. The molecule has 0 atom stereocenters. The van der Waals surface area contributed by atoms with Crippen LogP contribution in [0.4, 0.5) is 0 Å². The minimum absolute atomic E-state index is 0.685. The first-order chi connectivity index (χ1) is 8.63. The topological polar surface area (TPSA) is 28.4 Å². The van der Waals surface area contributed by atoms with Gasteiger partial charge in [0.1, 0.15) is 5.76 Å². The zero-order chi connectivity index (χ0) is 13.4. The Bertz CT molecular complexity index is 325. The molecule has 0 aromatic carbocycles. The highest BCUT2D eigenvalue weighted by Gasteiger charge is 2.09. The Morgan fingerprint density at radius 2 is 2.22 bits per heavy atom. The Balaban J connectivity index is 2.39. The average Bonchev–Trinajstić information content (AvgIpc) is 2.73. The van der Waals surface area contributed by atoms with Gasteiger partial charge in [0.2, 0.25) is 0 Å². The van der Waals surface area contributed by atoms with Crippen LogP contribution in [-0.4, -0.2) is 37.0 Å². The highest BCUT2D eigenvalue weighted by molar-refractivity contribution is 7.98. The third-order valence-corrected chi connectivity index (χ3v) is 3.39. The Morgan fingerprint density at radius 3 is 2.89 bits per heavy atom. The summed E-state index contributed by atoms with van der Waals surface area (Å²) in [5, 5.41) is 3.46. The van der Waals surface area contributed by atoms with Gasteiger partial charge in [0.15, 0.2) is 0 Å². The lowest BCUT2D eigenvalue weighted by Gasteiger charge is -2.15. The normalized spacial score (nSPS) is 11.7. The second kappa shape index (κ2) is 8.62. The predicted octanol–water partition coefficient (Wildman–Crippen LogP) is 2.82. The largest absolute Gasteiger partial charge is 0.468 e. The van der Waals surface area contributed by atoms with E-state index in [0.29, 0.717) is 5.92 Å². The lowest BCUT2D eigenvalue weighted by molar-refractivity contribution is 0.309. The SMILES string of the molecule is CSCCN(C)Cc1occc1CNCC(C)C. The summed E-state index contributed by atoms with van der Waals surface area (Å²) < 4.78 is 5.58. The molecule has 4 heteroatoms. The van der Waals surface area contributed by atoms with Gasteiger partial charge in [-0.05, 0) is 31.8 Å². The van der Waals surface area contributed by atoms with Crippen molar-refractivity contribution in [3.8, 4) is 0 Å². The maximum absolute atomic E-state index is 5.58. The van der Waals surface area contributed by atoms with Gasteiger partial charge in [-0.25, -0.2) is 0 Å². The van der Waals surface area contributed by atoms with E-state index in [1.165, 1.54) is 5.56 Å². The molecule has 0 aliphatic rings. The first-order valence-electron chi connectivity index (χ1n) is 6.57. The van der Waals surface area contributed by atoms with Crippen LogP contribution in [0.15, 0.2) is 16.7 Å². The lowest BCUT2D eigenvalue weighted by Crippen LogP contribution is -2.23. The standard InChI is InChI=1S/C14H26N2OS/c1-12(2)9-15-10-13-5-7-17-14(13)11-16(3)6-8-18-4/h5,7,12,15H,6,8-11H2,1-4H3. The highest BCUT2D eigenvalue weighted by atomic mass is 32.2. The van der Waals surface area contributed by atoms with Gasteiger partial charge < -0.3 is 9.73 Å². The molecule has 1 rings (SSSR count). The van der Waals surface area contributed by atoms with Crippen LogP contribution in [0.5, 0.6) is 0 Å². The van der Waals surface area contributed by atoms with Gasteiger partial charge in [0, 0.05) is 24.4 Å². The Labute approximate surface area is 115 Å². The molecule has 1 N–H and O–H groups in total. The molecule has 0 unspecified atom stereocenters. The van der Waals surface area contributed by atoms with Gasteiger partial charge >= 0.3 is 0 Å². The fourth-order valence-corrected chi connectivity index (χ4v) is 2.22. The van der Waals surface area contributed by atoms with Gasteiger partial charge in [-0.1, -0.05) is 13.8 Å². The quantitative estimate of drug-likeness (QED) is 0.747. The second-order valence-corrected chi connectivity index (χ2v) is 6.11. The number of rotatable bonds is 9. The minimum atomic E-state index is 0.685. The fraction of sp³-hybridized carbons (Fsp3) is 0.714. The van der Waals surface area contributed by atoms with Gasteiger partial charge in [-0.2, -0.15) is 11.8 Å². The first-order valence-corrected chi connectivity index (χ1v) is 7.96. The monoisotopic (exact) mass is 270 g/mol. The molecule has 1 aromatic rings. The minimum Gasteiger partial charge on any atom is -0.468 e. The summed E-state index contributed by atoms with van der Waals surface area (Å²) >= 11 is 1.88. The van der Waals surface area contributed by atoms with Crippen LogP contribution < -0.4 is 5.32 Å². The number of nitrogens with zero attached hydrogens (tertiary/aromatic N) is 1. The van der Waals surface area contributed by atoms with E-state index in [1.54, 1.807) is 6.26 Å². The number of nitrogens with one attached hydrogen (secondary N) is 1. The summed E-state index contributed by atoms with van der Waals surface area (Å²) in [5.74, 6) is 2.94. The van der Waals surface area contributed by atoms with E-state index in [1.807, 2.05) is 11.8 Å². The van der Waals surface area contributed by atoms with E-state index in [9.17, 15) is 0 Å². The van der Waals surface area contributed by atoms with E-state index in [-0.39, 0.29) is 0 Å². The number of thioether (sulfide) groups is 1. The molecule has 1 aromatic heterocycles. The van der Waals surface area contributed by atoms with Crippen molar-refractivity contribution in [2.45, 2.75) is 26.9 Å². The van der Waals surface area contributed by atoms with E-state index in [0.717, 1.165) is 37.7 Å². The summed E-state index contributed by atoms with van der Waals surface area (Å²) in [5.41, 5.74) is 1.28. The molecule has 3 nitrogen and oxygen atoms in total. The Morgan fingerprint density at radius 1 is 1.44 bits per heavy atom. The second-order valence-electron chi connectivity index (χ2n) is 5.12. The van der Waals surface area contributed by atoms with Crippen LogP contribution in [0, 0.1) is 5.92 Å². The van der Waals surface area contributed by atoms with E-state index < -0.39 is 0 Å². The summed E-state index contributed by atoms with van der Waals surface area (Å²) in [6.45, 7) is 8.39. The maximum Gasteiger partial charge on any atom is 0.122 e. The van der Waals surface area contributed by atoms with Crippen molar-refractivity contribution in [2.75, 3.05) is 32.1 Å². The molecular weight excluding hydrogens is 244 g/mol. The molecule has 0 spiro atoms. The van der Waals surface area contributed by atoms with Crippen LogP contribution >= 0.6 is 11.8 Å². The Kier molecular flexibility index (Phi) is 7.47. The van der Waals surface area contributed by atoms with Crippen molar-refractivity contribution in [3.63, 3.8) is 0 Å². The van der Waals surface area contributed by atoms with Crippen LogP contribution in [0.1, 0.15) is 25.2 Å². The van der Waals surface area contributed by atoms with Crippen LogP contribution in [0.25, 0.3) is 0 Å². The first kappa shape index (κ1) is 15.6. The smallest absolute Gasteiger partial charge is 0.122 e. The van der Waals surface area contributed by atoms with E-state index in [2.05, 4.69) is 43.4 Å². The van der Waals surface area contributed by atoms with E-state index in [4.69, 9.17) is 4.42 Å². The maximum atomic E-state index is 5.58.